The second-order valence-electron chi connectivity index (χ2n) is 8.53. The summed E-state index contributed by atoms with van der Waals surface area (Å²) >= 11 is 7.62. The van der Waals surface area contributed by atoms with Crippen LogP contribution in [-0.4, -0.2) is 39.7 Å². The van der Waals surface area contributed by atoms with Gasteiger partial charge in [-0.1, -0.05) is 67.6 Å². The van der Waals surface area contributed by atoms with Crippen molar-refractivity contribution in [2.24, 2.45) is 17.8 Å². The quantitative estimate of drug-likeness (QED) is 0.574. The smallest absolute Gasteiger partial charge is 0.304 e. The highest BCUT2D eigenvalue weighted by Crippen LogP contribution is 2.42. The number of thiazole rings is 1. The molecule has 2 heterocycles. The fraction of sp³-hybridized carbons (Fsp3) is 0.458. The molecule has 4 rings (SSSR count). The number of carboxylic acid groups (broad SMARTS) is 1. The van der Waals surface area contributed by atoms with Crippen LogP contribution in [0.15, 0.2) is 41.8 Å². The van der Waals surface area contributed by atoms with E-state index < -0.39 is 17.9 Å². The van der Waals surface area contributed by atoms with Crippen LogP contribution in [-0.2, 0) is 9.59 Å². The molecular formula is C24H27ClN2O4S. The molecule has 2 aliphatic rings. The Labute approximate surface area is 196 Å². The number of amides is 1. The third kappa shape index (κ3) is 4.75. The number of anilines is 1. The molecule has 8 heteroatoms. The van der Waals surface area contributed by atoms with Gasteiger partial charge in [0.25, 0.3) is 0 Å². The summed E-state index contributed by atoms with van der Waals surface area (Å²) in [5.74, 6) is -1.58. The average Bonchev–Trinajstić information content (AvgIpc) is 3.46. The van der Waals surface area contributed by atoms with Crippen LogP contribution in [0.25, 0.3) is 11.3 Å². The number of hydrogen-bond donors (Lipinski definition) is 2. The molecule has 1 aliphatic carbocycles. The molecule has 1 aromatic carbocycles. The number of allylic oxidation sites excluding steroid dienone is 1. The van der Waals surface area contributed by atoms with Crippen molar-refractivity contribution in [3.8, 4) is 11.3 Å². The third-order valence-corrected chi connectivity index (χ3v) is 7.77. The summed E-state index contributed by atoms with van der Waals surface area (Å²) in [6.07, 6.45) is 8.59. The minimum absolute atomic E-state index is 0.0255. The standard InChI is InChI=1S/C24H27ClN2O4S/c25-20-11-4-3-9-18(20)21-14-32-24(26-21)27-16(13-28)8-5-10-17(15-6-1-2-7-15)19(23(27)31)12-22(29)30/h3-5,8-9,11,14-17,19,28H,1-2,6-7,10,12-13H2,(H,29,30)/b8-5-/t16-,17-,19+/m1/s1. The van der Waals surface area contributed by atoms with E-state index in [2.05, 4.69) is 4.98 Å². The molecule has 1 aromatic heterocycles. The first-order valence-electron chi connectivity index (χ1n) is 11.0. The molecule has 170 valence electrons. The molecule has 1 aliphatic heterocycles. The topological polar surface area (TPSA) is 90.7 Å². The van der Waals surface area contributed by atoms with Crippen molar-refractivity contribution >= 4 is 39.9 Å². The maximum absolute atomic E-state index is 13.8. The Morgan fingerprint density at radius 1 is 1.25 bits per heavy atom. The number of aliphatic hydroxyl groups is 1. The summed E-state index contributed by atoms with van der Waals surface area (Å²) in [5, 5.41) is 22.5. The number of carbonyl (C=O) groups is 2. The number of carbonyl (C=O) groups excluding carboxylic acids is 1. The lowest BCUT2D eigenvalue weighted by Gasteiger charge is -2.37. The summed E-state index contributed by atoms with van der Waals surface area (Å²) in [7, 11) is 0. The van der Waals surface area contributed by atoms with Crippen molar-refractivity contribution in [3.05, 3.63) is 46.8 Å². The Morgan fingerprint density at radius 2 is 2.00 bits per heavy atom. The highest BCUT2D eigenvalue weighted by Gasteiger charge is 2.41. The zero-order valence-electron chi connectivity index (χ0n) is 17.7. The predicted octanol–water partition coefficient (Wildman–Crippen LogP) is 5.01. The Hall–Kier alpha value is -2.22. The van der Waals surface area contributed by atoms with E-state index in [1.54, 1.807) is 6.07 Å². The molecular weight excluding hydrogens is 448 g/mol. The van der Waals surface area contributed by atoms with Crippen LogP contribution < -0.4 is 4.90 Å². The van der Waals surface area contributed by atoms with Crippen LogP contribution in [0, 0.1) is 17.8 Å². The average molecular weight is 475 g/mol. The van der Waals surface area contributed by atoms with E-state index in [9.17, 15) is 19.8 Å². The van der Waals surface area contributed by atoms with E-state index in [1.807, 2.05) is 35.7 Å². The van der Waals surface area contributed by atoms with Gasteiger partial charge in [0.15, 0.2) is 5.13 Å². The van der Waals surface area contributed by atoms with Crippen molar-refractivity contribution in [3.63, 3.8) is 0 Å². The summed E-state index contributed by atoms with van der Waals surface area (Å²) in [5.41, 5.74) is 1.41. The van der Waals surface area contributed by atoms with Crippen molar-refractivity contribution in [2.45, 2.75) is 44.6 Å². The van der Waals surface area contributed by atoms with Gasteiger partial charge in [0.1, 0.15) is 0 Å². The fourth-order valence-corrected chi connectivity index (χ4v) is 6.17. The molecule has 6 nitrogen and oxygen atoms in total. The normalized spacial score (nSPS) is 25.5. The number of carboxylic acids is 1. The lowest BCUT2D eigenvalue weighted by Crippen LogP contribution is -2.48. The molecule has 2 aromatic rings. The molecule has 1 amide bonds. The highest BCUT2D eigenvalue weighted by molar-refractivity contribution is 7.14. The van der Waals surface area contributed by atoms with Gasteiger partial charge in [-0.3, -0.25) is 14.5 Å². The van der Waals surface area contributed by atoms with Gasteiger partial charge in [-0.2, -0.15) is 0 Å². The molecule has 0 unspecified atom stereocenters. The molecule has 0 bridgehead atoms. The first-order chi connectivity index (χ1) is 15.5. The number of hydrogen-bond acceptors (Lipinski definition) is 5. The van der Waals surface area contributed by atoms with Gasteiger partial charge in [0.2, 0.25) is 5.91 Å². The van der Waals surface area contributed by atoms with E-state index in [-0.39, 0.29) is 24.9 Å². The van der Waals surface area contributed by atoms with Gasteiger partial charge < -0.3 is 10.2 Å². The van der Waals surface area contributed by atoms with Gasteiger partial charge in [0, 0.05) is 16.0 Å². The molecule has 0 radical (unpaired) electrons. The molecule has 3 atom stereocenters. The largest absolute Gasteiger partial charge is 0.481 e. The Morgan fingerprint density at radius 3 is 2.69 bits per heavy atom. The van der Waals surface area contributed by atoms with Gasteiger partial charge in [0.05, 0.1) is 30.7 Å². The molecule has 1 fully saturated rings. The third-order valence-electron chi connectivity index (χ3n) is 6.60. The Kier molecular flexibility index (Phi) is 7.28. The summed E-state index contributed by atoms with van der Waals surface area (Å²) in [6, 6.07) is 6.77. The van der Waals surface area contributed by atoms with E-state index in [1.165, 1.54) is 16.2 Å². The number of aromatic nitrogens is 1. The number of rotatable bonds is 6. The molecule has 2 N–H and O–H groups in total. The lowest BCUT2D eigenvalue weighted by molar-refractivity contribution is -0.142. The van der Waals surface area contributed by atoms with Gasteiger partial charge in [-0.25, -0.2) is 4.98 Å². The van der Waals surface area contributed by atoms with E-state index in [0.29, 0.717) is 28.2 Å². The maximum Gasteiger partial charge on any atom is 0.304 e. The van der Waals surface area contributed by atoms with E-state index in [4.69, 9.17) is 11.6 Å². The number of aliphatic carboxylic acids is 1. The second-order valence-corrected chi connectivity index (χ2v) is 9.77. The minimum atomic E-state index is -0.979. The summed E-state index contributed by atoms with van der Waals surface area (Å²) in [6.45, 7) is -0.267. The summed E-state index contributed by atoms with van der Waals surface area (Å²) in [4.78, 5) is 31.7. The van der Waals surface area contributed by atoms with Crippen LogP contribution in [0.4, 0.5) is 5.13 Å². The lowest BCUT2D eigenvalue weighted by atomic mass is 9.75. The number of benzene rings is 1. The van der Waals surface area contributed by atoms with Crippen molar-refractivity contribution in [1.82, 2.24) is 4.98 Å². The van der Waals surface area contributed by atoms with Crippen LogP contribution in [0.5, 0.6) is 0 Å². The van der Waals surface area contributed by atoms with Crippen LogP contribution in [0.2, 0.25) is 5.02 Å². The predicted molar refractivity (Wildman–Crippen MR) is 126 cm³/mol. The Balaban J connectivity index is 1.73. The minimum Gasteiger partial charge on any atom is -0.481 e. The number of aliphatic hydroxyl groups excluding tert-OH is 1. The SMILES string of the molecule is O=C(O)C[C@@H]1C(=O)N(c2nc(-c3ccccc3Cl)cs2)[C@@H](CO)/C=C\C[C@@H]1C1CCCC1. The zero-order valence-corrected chi connectivity index (χ0v) is 19.3. The molecule has 0 saturated heterocycles. The Bertz CT molecular complexity index is 1000. The molecule has 0 spiro atoms. The second kappa shape index (κ2) is 10.1. The number of halogens is 1. The molecule has 1 saturated carbocycles. The van der Waals surface area contributed by atoms with Gasteiger partial charge >= 0.3 is 5.97 Å². The van der Waals surface area contributed by atoms with E-state index >= 15 is 0 Å². The maximum atomic E-state index is 13.8. The first kappa shape index (κ1) is 23.0. The van der Waals surface area contributed by atoms with Crippen LogP contribution in [0.3, 0.4) is 0 Å². The fourth-order valence-electron chi connectivity index (χ4n) is 5.05. The summed E-state index contributed by atoms with van der Waals surface area (Å²) < 4.78 is 0. The monoisotopic (exact) mass is 474 g/mol. The first-order valence-corrected chi connectivity index (χ1v) is 12.3. The van der Waals surface area contributed by atoms with Gasteiger partial charge in [-0.15, -0.1) is 11.3 Å². The van der Waals surface area contributed by atoms with Gasteiger partial charge in [-0.05, 0) is 24.3 Å². The number of nitrogens with zero attached hydrogens (tertiary/aromatic N) is 2. The molecule has 32 heavy (non-hydrogen) atoms. The van der Waals surface area contributed by atoms with Crippen molar-refractivity contribution < 1.29 is 19.8 Å². The van der Waals surface area contributed by atoms with Crippen LogP contribution in [0.1, 0.15) is 38.5 Å². The zero-order chi connectivity index (χ0) is 22.7. The highest BCUT2D eigenvalue weighted by atomic mass is 35.5. The van der Waals surface area contributed by atoms with E-state index in [0.717, 1.165) is 31.2 Å². The van der Waals surface area contributed by atoms with Crippen LogP contribution >= 0.6 is 22.9 Å². The van der Waals surface area contributed by atoms with Crippen molar-refractivity contribution in [1.29, 1.82) is 0 Å². The van der Waals surface area contributed by atoms with Crippen molar-refractivity contribution in [2.75, 3.05) is 11.5 Å².